The number of aromatic nitrogens is 2. The lowest BCUT2D eigenvalue weighted by molar-refractivity contribution is -0.0678. The third kappa shape index (κ3) is 5.59. The van der Waals surface area contributed by atoms with Gasteiger partial charge in [0.15, 0.2) is 11.6 Å². The Bertz CT molecular complexity index is 1420. The second kappa shape index (κ2) is 11.6. The van der Waals surface area contributed by atoms with Crippen molar-refractivity contribution in [3.8, 4) is 5.75 Å². The van der Waals surface area contributed by atoms with Gasteiger partial charge in [0.2, 0.25) is 6.29 Å². The van der Waals surface area contributed by atoms with E-state index in [1.807, 2.05) is 67.6 Å². The Labute approximate surface area is 230 Å². The van der Waals surface area contributed by atoms with Crippen LogP contribution in [0.5, 0.6) is 5.75 Å². The molecule has 7 heteroatoms. The lowest BCUT2D eigenvalue weighted by Crippen LogP contribution is -2.36. The highest BCUT2D eigenvalue weighted by molar-refractivity contribution is 9.10. The monoisotopic (exact) mass is 576 g/mol. The minimum absolute atomic E-state index is 0.00361. The number of hydrogen-bond acceptors (Lipinski definition) is 4. The van der Waals surface area contributed by atoms with Crippen LogP contribution in [0.4, 0.5) is 4.39 Å². The summed E-state index contributed by atoms with van der Waals surface area (Å²) in [6, 6.07) is 24.1. The molecule has 0 amide bonds. The van der Waals surface area contributed by atoms with Crippen molar-refractivity contribution in [2.75, 3.05) is 0 Å². The number of benzene rings is 3. The minimum Gasteiger partial charge on any atom is -0.462 e. The van der Waals surface area contributed by atoms with Gasteiger partial charge in [-0.2, -0.15) is 0 Å². The van der Waals surface area contributed by atoms with Gasteiger partial charge in [-0.25, -0.2) is 9.37 Å². The molecule has 1 aliphatic rings. The number of aliphatic hydroxyl groups excluding tert-OH is 1. The largest absolute Gasteiger partial charge is 0.462 e. The molecule has 1 heterocycles. The van der Waals surface area contributed by atoms with Gasteiger partial charge >= 0.3 is 0 Å². The Morgan fingerprint density at radius 1 is 1.03 bits per heavy atom. The second-order valence-corrected chi connectivity index (χ2v) is 10.7. The molecule has 2 atom stereocenters. The molecule has 0 bridgehead atoms. The third-order valence-electron chi connectivity index (χ3n) is 7.21. The zero-order valence-electron chi connectivity index (χ0n) is 21.2. The first-order valence-electron chi connectivity index (χ1n) is 12.9. The van der Waals surface area contributed by atoms with Crippen molar-refractivity contribution in [3.63, 3.8) is 0 Å². The van der Waals surface area contributed by atoms with E-state index in [0.717, 1.165) is 24.0 Å². The van der Waals surface area contributed by atoms with Crippen LogP contribution in [0.1, 0.15) is 53.5 Å². The van der Waals surface area contributed by atoms with Gasteiger partial charge < -0.3 is 9.84 Å². The summed E-state index contributed by atoms with van der Waals surface area (Å²) >= 11 is 3.24. The summed E-state index contributed by atoms with van der Waals surface area (Å²) in [5.41, 5.74) is 3.33. The highest BCUT2D eigenvalue weighted by Gasteiger charge is 2.29. The quantitative estimate of drug-likeness (QED) is 0.271. The zero-order chi connectivity index (χ0) is 26.6. The van der Waals surface area contributed by atoms with Gasteiger partial charge in [0.05, 0.1) is 11.7 Å². The molecule has 4 aromatic rings. The smallest absolute Gasteiger partial charge is 0.257 e. The van der Waals surface area contributed by atoms with Crippen LogP contribution in [0.3, 0.4) is 0 Å². The van der Waals surface area contributed by atoms with E-state index >= 15 is 0 Å². The predicted octanol–water partition coefficient (Wildman–Crippen LogP) is 6.37. The molecule has 38 heavy (non-hydrogen) atoms. The molecular weight excluding hydrogens is 547 g/mol. The van der Waals surface area contributed by atoms with Gasteiger partial charge in [-0.15, -0.1) is 0 Å². The van der Waals surface area contributed by atoms with Gasteiger partial charge in [-0.05, 0) is 61.9 Å². The maximum Gasteiger partial charge on any atom is 0.257 e. The molecule has 0 saturated heterocycles. The summed E-state index contributed by atoms with van der Waals surface area (Å²) in [5.74, 6) is -0.260. The van der Waals surface area contributed by atoms with Crippen LogP contribution in [-0.2, 0) is 12.8 Å². The number of nitrogens with zero attached hydrogens (tertiary/aromatic N) is 2. The molecule has 2 unspecified atom stereocenters. The topological polar surface area (TPSA) is 64.4 Å². The molecule has 3 aromatic carbocycles. The maximum absolute atomic E-state index is 14.3. The normalized spacial score (nSPS) is 16.4. The Morgan fingerprint density at radius 2 is 1.68 bits per heavy atom. The van der Waals surface area contributed by atoms with Gasteiger partial charge in [0.25, 0.3) is 5.56 Å². The van der Waals surface area contributed by atoms with E-state index in [1.165, 1.54) is 12.1 Å². The predicted molar refractivity (Wildman–Crippen MR) is 149 cm³/mol. The third-order valence-corrected chi connectivity index (χ3v) is 7.70. The van der Waals surface area contributed by atoms with E-state index in [1.54, 1.807) is 10.6 Å². The molecule has 1 aliphatic carbocycles. The molecule has 0 aliphatic heterocycles. The highest BCUT2D eigenvalue weighted by Crippen LogP contribution is 2.30. The van der Waals surface area contributed by atoms with Crippen LogP contribution in [0.2, 0.25) is 0 Å². The lowest BCUT2D eigenvalue weighted by atomic mass is 9.89. The van der Waals surface area contributed by atoms with E-state index < -0.39 is 12.1 Å². The van der Waals surface area contributed by atoms with Crippen molar-refractivity contribution < 1.29 is 14.2 Å². The molecule has 5 nitrogen and oxygen atoms in total. The molecule has 5 rings (SSSR count). The van der Waals surface area contributed by atoms with Gasteiger partial charge in [0, 0.05) is 16.0 Å². The van der Waals surface area contributed by atoms with Gasteiger partial charge in [-0.3, -0.25) is 9.36 Å². The van der Waals surface area contributed by atoms with Gasteiger partial charge in [0.1, 0.15) is 5.82 Å². The molecule has 1 aromatic heterocycles. The number of rotatable bonds is 6. The van der Waals surface area contributed by atoms with E-state index in [-0.39, 0.29) is 23.3 Å². The van der Waals surface area contributed by atoms with E-state index in [2.05, 4.69) is 15.9 Å². The summed E-state index contributed by atoms with van der Waals surface area (Å²) in [5, 5.41) is 10.9. The van der Waals surface area contributed by atoms with E-state index in [4.69, 9.17) is 9.72 Å². The summed E-state index contributed by atoms with van der Waals surface area (Å²) in [6.45, 7) is 1.86. The van der Waals surface area contributed by atoms with Crippen molar-refractivity contribution >= 4 is 15.9 Å². The number of aryl methyl sites for hydroxylation is 1. The van der Waals surface area contributed by atoms with Crippen molar-refractivity contribution in [3.05, 3.63) is 128 Å². The molecule has 0 saturated carbocycles. The first kappa shape index (κ1) is 26.3. The van der Waals surface area contributed by atoms with Crippen LogP contribution >= 0.6 is 15.9 Å². The fraction of sp³-hybridized carbons (Fsp3) is 0.290. The number of hydrogen-bond donors (Lipinski definition) is 1. The standard InChI is InChI=1S/C31H30BrFN2O3/c1-20-34-27-18-23(31(37)38-28-17-16-24(32)19-26(28)33)14-8-9-15-25(27)30(36)35(20)29(21-10-4-2-5-11-21)22-12-6-3-7-13-22/h2-7,10-13,16-17,19,23,29,31,37H,8-9,14-15,18H2,1H3. The van der Waals surface area contributed by atoms with Crippen LogP contribution in [-0.4, -0.2) is 20.9 Å². The number of ether oxygens (including phenoxy) is 1. The first-order chi connectivity index (χ1) is 18.4. The van der Waals surface area contributed by atoms with Crippen molar-refractivity contribution in [2.24, 2.45) is 5.92 Å². The molecule has 196 valence electrons. The summed E-state index contributed by atoms with van der Waals surface area (Å²) in [6.07, 6.45) is 2.10. The van der Waals surface area contributed by atoms with Crippen molar-refractivity contribution in [2.45, 2.75) is 51.4 Å². The summed E-state index contributed by atoms with van der Waals surface area (Å²) in [4.78, 5) is 19.0. The Morgan fingerprint density at radius 3 is 2.32 bits per heavy atom. The SMILES string of the molecule is Cc1nc2c(c(=O)n1C(c1ccccc1)c1ccccc1)CCCCC(C(O)Oc1ccc(Br)cc1F)C2. The minimum atomic E-state index is -1.22. The highest BCUT2D eigenvalue weighted by atomic mass is 79.9. The Hall–Kier alpha value is -3.29. The molecule has 0 radical (unpaired) electrons. The second-order valence-electron chi connectivity index (χ2n) is 9.78. The van der Waals surface area contributed by atoms with Crippen molar-refractivity contribution in [1.82, 2.24) is 9.55 Å². The average Bonchev–Trinajstić information content (AvgIpc) is 2.90. The maximum atomic E-state index is 14.3. The number of fused-ring (bicyclic) bond motifs is 1. The fourth-order valence-electron chi connectivity index (χ4n) is 5.32. The van der Waals surface area contributed by atoms with Gasteiger partial charge in [-0.1, -0.05) is 83.0 Å². The Kier molecular flexibility index (Phi) is 8.05. The van der Waals surface area contributed by atoms with Crippen molar-refractivity contribution in [1.29, 1.82) is 0 Å². The lowest BCUT2D eigenvalue weighted by Gasteiger charge is -2.28. The van der Waals surface area contributed by atoms with E-state index in [0.29, 0.717) is 40.8 Å². The van der Waals surface area contributed by atoms with E-state index in [9.17, 15) is 14.3 Å². The van der Waals surface area contributed by atoms with Crippen LogP contribution < -0.4 is 10.3 Å². The fourth-order valence-corrected chi connectivity index (χ4v) is 5.65. The Balaban J connectivity index is 1.51. The molecule has 0 fully saturated rings. The average molecular weight is 577 g/mol. The van der Waals surface area contributed by atoms with Crippen LogP contribution in [0, 0.1) is 18.7 Å². The van der Waals surface area contributed by atoms with Crippen LogP contribution in [0.25, 0.3) is 0 Å². The van der Waals surface area contributed by atoms with Crippen LogP contribution in [0.15, 0.2) is 88.1 Å². The molecule has 0 spiro atoms. The molecular formula is C31H30BrFN2O3. The number of halogens is 2. The zero-order valence-corrected chi connectivity index (χ0v) is 22.8. The first-order valence-corrected chi connectivity index (χ1v) is 13.7. The summed E-state index contributed by atoms with van der Waals surface area (Å²) < 4.78 is 22.4. The summed E-state index contributed by atoms with van der Waals surface area (Å²) in [7, 11) is 0. The molecule has 1 N–H and O–H groups in total. The number of aliphatic hydroxyl groups is 1.